The molecule has 2 aromatic rings. The Hall–Kier alpha value is -3.13. The summed E-state index contributed by atoms with van der Waals surface area (Å²) in [6, 6.07) is 7.89. The summed E-state index contributed by atoms with van der Waals surface area (Å²) in [5, 5.41) is 13.4. The first kappa shape index (κ1) is 18.2. The predicted octanol–water partition coefficient (Wildman–Crippen LogP) is 3.30. The van der Waals surface area contributed by atoms with Crippen LogP contribution in [0.4, 0.5) is 11.4 Å². The molecule has 2 aromatic carbocycles. The van der Waals surface area contributed by atoms with Crippen molar-refractivity contribution < 1.29 is 24.0 Å². The summed E-state index contributed by atoms with van der Waals surface area (Å²) >= 11 is 5.94. The molecule has 0 heterocycles. The number of rotatable bonds is 5. The zero-order valence-corrected chi connectivity index (χ0v) is 14.0. The van der Waals surface area contributed by atoms with Gasteiger partial charge in [0.05, 0.1) is 41.0 Å². The zero-order valence-electron chi connectivity index (χ0n) is 13.2. The second kappa shape index (κ2) is 7.63. The van der Waals surface area contributed by atoms with E-state index in [9.17, 15) is 19.7 Å². The van der Waals surface area contributed by atoms with Crippen molar-refractivity contribution in [1.82, 2.24) is 0 Å². The van der Waals surface area contributed by atoms with Crippen molar-refractivity contribution in [3.63, 3.8) is 0 Å². The maximum absolute atomic E-state index is 12.4. The molecule has 0 atom stereocenters. The van der Waals surface area contributed by atoms with Crippen LogP contribution in [0.5, 0.6) is 5.75 Å². The van der Waals surface area contributed by atoms with Crippen LogP contribution in [0.15, 0.2) is 36.4 Å². The molecule has 1 amide bonds. The van der Waals surface area contributed by atoms with Gasteiger partial charge in [0.1, 0.15) is 5.75 Å². The smallest absolute Gasteiger partial charge is 0.340 e. The van der Waals surface area contributed by atoms with E-state index in [1.54, 1.807) is 0 Å². The molecule has 0 saturated heterocycles. The molecule has 1 N–H and O–H groups in total. The minimum atomic E-state index is -0.705. The summed E-state index contributed by atoms with van der Waals surface area (Å²) in [6.45, 7) is 0. The number of nitro groups is 1. The fourth-order valence-electron chi connectivity index (χ4n) is 2.03. The fraction of sp³-hybridized carbons (Fsp3) is 0.125. The standard InChI is InChI=1S/C16H13ClN2O6/c1-24-10-4-6-14(12(8-10)16(21)25-2)18-15(20)11-7-9(19(22)23)3-5-13(11)17/h3-8H,1-2H3,(H,18,20). The van der Waals surface area contributed by atoms with E-state index in [-0.39, 0.29) is 27.5 Å². The van der Waals surface area contributed by atoms with Crippen molar-refractivity contribution in [3.05, 3.63) is 62.7 Å². The number of amides is 1. The number of carbonyl (C=O) groups excluding carboxylic acids is 2. The van der Waals surface area contributed by atoms with Crippen LogP contribution in [0, 0.1) is 10.1 Å². The molecule has 25 heavy (non-hydrogen) atoms. The Morgan fingerprint density at radius 1 is 1.12 bits per heavy atom. The van der Waals surface area contributed by atoms with E-state index in [0.29, 0.717) is 5.75 Å². The molecule has 0 aromatic heterocycles. The number of halogens is 1. The Morgan fingerprint density at radius 2 is 1.84 bits per heavy atom. The van der Waals surface area contributed by atoms with Gasteiger partial charge in [-0.2, -0.15) is 0 Å². The van der Waals surface area contributed by atoms with Crippen LogP contribution in [-0.2, 0) is 4.74 Å². The number of methoxy groups -OCH3 is 2. The third-order valence-corrected chi connectivity index (χ3v) is 3.62. The molecule has 0 fully saturated rings. The van der Waals surface area contributed by atoms with Gasteiger partial charge in [-0.05, 0) is 24.3 Å². The molecule has 130 valence electrons. The minimum absolute atomic E-state index is 0.0382. The van der Waals surface area contributed by atoms with E-state index in [4.69, 9.17) is 16.3 Å². The highest BCUT2D eigenvalue weighted by Crippen LogP contribution is 2.26. The van der Waals surface area contributed by atoms with Gasteiger partial charge in [-0.3, -0.25) is 14.9 Å². The number of esters is 1. The Kier molecular flexibility index (Phi) is 5.56. The Balaban J connectivity index is 2.39. The minimum Gasteiger partial charge on any atom is -0.497 e. The lowest BCUT2D eigenvalue weighted by Gasteiger charge is -2.12. The number of anilines is 1. The molecule has 2 rings (SSSR count). The number of carbonyl (C=O) groups is 2. The SMILES string of the molecule is COC(=O)c1cc(OC)ccc1NC(=O)c1cc([N+](=O)[O-])ccc1Cl. The molecule has 0 aliphatic rings. The number of non-ortho nitro benzene ring substituents is 1. The van der Waals surface area contributed by atoms with E-state index in [2.05, 4.69) is 10.1 Å². The highest BCUT2D eigenvalue weighted by atomic mass is 35.5. The second-order valence-electron chi connectivity index (χ2n) is 4.78. The summed E-state index contributed by atoms with van der Waals surface area (Å²) < 4.78 is 9.72. The van der Waals surface area contributed by atoms with E-state index >= 15 is 0 Å². The lowest BCUT2D eigenvalue weighted by molar-refractivity contribution is -0.384. The van der Waals surface area contributed by atoms with E-state index < -0.39 is 16.8 Å². The van der Waals surface area contributed by atoms with Crippen LogP contribution in [0.1, 0.15) is 20.7 Å². The van der Waals surface area contributed by atoms with Crippen LogP contribution < -0.4 is 10.1 Å². The van der Waals surface area contributed by atoms with Gasteiger partial charge in [0.25, 0.3) is 11.6 Å². The lowest BCUT2D eigenvalue weighted by atomic mass is 10.1. The van der Waals surface area contributed by atoms with Crippen molar-refractivity contribution in [3.8, 4) is 5.75 Å². The highest BCUT2D eigenvalue weighted by molar-refractivity contribution is 6.34. The fourth-order valence-corrected chi connectivity index (χ4v) is 2.23. The van der Waals surface area contributed by atoms with Crippen LogP contribution in [0.3, 0.4) is 0 Å². The van der Waals surface area contributed by atoms with Crippen molar-refractivity contribution >= 4 is 34.9 Å². The van der Waals surface area contributed by atoms with E-state index in [0.717, 1.165) is 6.07 Å². The second-order valence-corrected chi connectivity index (χ2v) is 5.19. The van der Waals surface area contributed by atoms with Gasteiger partial charge in [-0.25, -0.2) is 4.79 Å². The normalized spacial score (nSPS) is 10.0. The first-order chi connectivity index (χ1) is 11.9. The molecule has 0 spiro atoms. The van der Waals surface area contributed by atoms with Crippen molar-refractivity contribution in [1.29, 1.82) is 0 Å². The topological polar surface area (TPSA) is 108 Å². The average Bonchev–Trinajstić information content (AvgIpc) is 2.61. The molecule has 8 nitrogen and oxygen atoms in total. The summed E-state index contributed by atoms with van der Waals surface area (Å²) in [7, 11) is 2.63. The monoisotopic (exact) mass is 364 g/mol. The summed E-state index contributed by atoms with van der Waals surface area (Å²) in [4.78, 5) is 34.5. The number of nitrogens with zero attached hydrogens (tertiary/aromatic N) is 1. The van der Waals surface area contributed by atoms with Crippen LogP contribution in [-0.4, -0.2) is 31.0 Å². The summed E-state index contributed by atoms with van der Waals surface area (Å²) in [5.41, 5.74) is -0.156. The van der Waals surface area contributed by atoms with Gasteiger partial charge in [0, 0.05) is 12.1 Å². The summed E-state index contributed by atoms with van der Waals surface area (Å²) in [6.07, 6.45) is 0. The lowest BCUT2D eigenvalue weighted by Crippen LogP contribution is -2.16. The van der Waals surface area contributed by atoms with Gasteiger partial charge >= 0.3 is 5.97 Å². The van der Waals surface area contributed by atoms with Crippen molar-refractivity contribution in [2.75, 3.05) is 19.5 Å². The van der Waals surface area contributed by atoms with Crippen LogP contribution >= 0.6 is 11.6 Å². The maximum atomic E-state index is 12.4. The quantitative estimate of drug-likeness (QED) is 0.495. The predicted molar refractivity (Wildman–Crippen MR) is 90.4 cm³/mol. The number of hydrogen-bond acceptors (Lipinski definition) is 6. The highest BCUT2D eigenvalue weighted by Gasteiger charge is 2.19. The van der Waals surface area contributed by atoms with E-state index in [1.807, 2.05) is 0 Å². The molecular formula is C16H13ClN2O6. The first-order valence-electron chi connectivity index (χ1n) is 6.89. The van der Waals surface area contributed by atoms with Crippen molar-refractivity contribution in [2.45, 2.75) is 0 Å². The zero-order chi connectivity index (χ0) is 18.6. The van der Waals surface area contributed by atoms with Gasteiger partial charge in [0.2, 0.25) is 0 Å². The Labute approximate surface area is 147 Å². The van der Waals surface area contributed by atoms with Crippen LogP contribution in [0.2, 0.25) is 5.02 Å². The molecule has 0 aliphatic carbocycles. The molecule has 0 saturated carbocycles. The Bertz CT molecular complexity index is 853. The van der Waals surface area contributed by atoms with Gasteiger partial charge < -0.3 is 14.8 Å². The number of benzene rings is 2. The maximum Gasteiger partial charge on any atom is 0.340 e. The van der Waals surface area contributed by atoms with Crippen LogP contribution in [0.25, 0.3) is 0 Å². The number of hydrogen-bond donors (Lipinski definition) is 1. The number of nitrogens with one attached hydrogen (secondary N) is 1. The third kappa shape index (κ3) is 4.04. The first-order valence-corrected chi connectivity index (χ1v) is 7.26. The average molecular weight is 365 g/mol. The molecule has 0 aliphatic heterocycles. The van der Waals surface area contributed by atoms with Gasteiger partial charge in [0.15, 0.2) is 0 Å². The van der Waals surface area contributed by atoms with Crippen molar-refractivity contribution in [2.24, 2.45) is 0 Å². The molecule has 0 radical (unpaired) electrons. The van der Waals surface area contributed by atoms with E-state index in [1.165, 1.54) is 44.6 Å². The molecule has 9 heteroatoms. The Morgan fingerprint density at radius 3 is 2.44 bits per heavy atom. The van der Waals surface area contributed by atoms with Gasteiger partial charge in [-0.15, -0.1) is 0 Å². The summed E-state index contributed by atoms with van der Waals surface area (Å²) in [5.74, 6) is -0.991. The number of ether oxygens (including phenoxy) is 2. The third-order valence-electron chi connectivity index (χ3n) is 3.29. The molecule has 0 unspecified atom stereocenters. The molecule has 0 bridgehead atoms. The molecular weight excluding hydrogens is 352 g/mol. The largest absolute Gasteiger partial charge is 0.497 e. The van der Waals surface area contributed by atoms with Gasteiger partial charge in [-0.1, -0.05) is 11.6 Å². The number of nitro benzene ring substituents is 1.